The fourth-order valence-electron chi connectivity index (χ4n) is 2.14. The van der Waals surface area contributed by atoms with Crippen molar-refractivity contribution in [3.05, 3.63) is 0 Å². The summed E-state index contributed by atoms with van der Waals surface area (Å²) in [5.74, 6) is 0.768. The van der Waals surface area contributed by atoms with Crippen molar-refractivity contribution in [1.82, 2.24) is 4.90 Å². The molecule has 0 spiro atoms. The molecule has 2 heteroatoms. The van der Waals surface area contributed by atoms with Crippen LogP contribution in [0.2, 0.25) is 0 Å². The predicted octanol–water partition coefficient (Wildman–Crippen LogP) is 2.62. The molecule has 0 bridgehead atoms. The van der Waals surface area contributed by atoms with Crippen LogP contribution in [-0.4, -0.2) is 30.1 Å². The first-order valence-corrected chi connectivity index (χ1v) is 6.63. The minimum Gasteiger partial charge on any atom is -0.327 e. The average molecular weight is 212 g/mol. The van der Waals surface area contributed by atoms with E-state index in [2.05, 4.69) is 25.7 Å². The van der Waals surface area contributed by atoms with E-state index in [9.17, 15) is 0 Å². The second-order valence-corrected chi connectivity index (χ2v) is 5.48. The van der Waals surface area contributed by atoms with Crippen LogP contribution >= 0.6 is 0 Å². The van der Waals surface area contributed by atoms with Gasteiger partial charge in [0.1, 0.15) is 0 Å². The van der Waals surface area contributed by atoms with Crippen LogP contribution in [0.1, 0.15) is 52.9 Å². The Morgan fingerprint density at radius 3 is 2.40 bits per heavy atom. The minimum absolute atomic E-state index is 0.393. The van der Waals surface area contributed by atoms with Gasteiger partial charge in [0.15, 0.2) is 0 Å². The number of unbranched alkanes of at least 4 members (excludes halogenated alkanes) is 1. The molecule has 0 aromatic carbocycles. The van der Waals surface area contributed by atoms with Crippen molar-refractivity contribution >= 4 is 0 Å². The number of rotatable bonds is 8. The van der Waals surface area contributed by atoms with Crippen LogP contribution in [0.3, 0.4) is 0 Å². The molecule has 1 unspecified atom stereocenters. The summed E-state index contributed by atoms with van der Waals surface area (Å²) >= 11 is 0. The van der Waals surface area contributed by atoms with E-state index >= 15 is 0 Å². The molecule has 1 fully saturated rings. The molecule has 90 valence electrons. The fourth-order valence-corrected chi connectivity index (χ4v) is 2.14. The molecular formula is C13H28N2. The van der Waals surface area contributed by atoms with Crippen molar-refractivity contribution in [3.8, 4) is 0 Å². The van der Waals surface area contributed by atoms with Gasteiger partial charge in [-0.25, -0.2) is 0 Å². The van der Waals surface area contributed by atoms with Crippen LogP contribution in [0.15, 0.2) is 0 Å². The summed E-state index contributed by atoms with van der Waals surface area (Å²) in [6, 6.07) is 1.25. The summed E-state index contributed by atoms with van der Waals surface area (Å²) in [6.45, 7) is 9.17. The van der Waals surface area contributed by atoms with E-state index in [-0.39, 0.29) is 0 Å². The Kier molecular flexibility index (Phi) is 5.62. The molecule has 1 aliphatic carbocycles. The monoisotopic (exact) mass is 212 g/mol. The molecule has 0 aliphatic heterocycles. The van der Waals surface area contributed by atoms with Crippen LogP contribution in [-0.2, 0) is 0 Å². The van der Waals surface area contributed by atoms with Gasteiger partial charge in [0.25, 0.3) is 0 Å². The molecule has 15 heavy (non-hydrogen) atoms. The Labute approximate surface area is 95.2 Å². The summed E-state index contributed by atoms with van der Waals surface area (Å²) in [4.78, 5) is 2.62. The molecule has 0 radical (unpaired) electrons. The number of hydrogen-bond acceptors (Lipinski definition) is 2. The van der Waals surface area contributed by atoms with Crippen LogP contribution < -0.4 is 5.73 Å². The number of nitrogens with zero attached hydrogens (tertiary/aromatic N) is 1. The van der Waals surface area contributed by atoms with E-state index in [0.29, 0.717) is 6.04 Å². The van der Waals surface area contributed by atoms with E-state index in [1.807, 2.05) is 0 Å². The van der Waals surface area contributed by atoms with Gasteiger partial charge < -0.3 is 5.73 Å². The van der Waals surface area contributed by atoms with Crippen LogP contribution in [0, 0.1) is 5.92 Å². The highest BCUT2D eigenvalue weighted by Crippen LogP contribution is 2.27. The van der Waals surface area contributed by atoms with Crippen molar-refractivity contribution in [1.29, 1.82) is 0 Å². The third-order valence-electron chi connectivity index (χ3n) is 3.06. The van der Waals surface area contributed by atoms with Crippen molar-refractivity contribution in [2.75, 3.05) is 13.1 Å². The van der Waals surface area contributed by atoms with Gasteiger partial charge in [0.2, 0.25) is 0 Å². The lowest BCUT2D eigenvalue weighted by Gasteiger charge is -2.27. The van der Waals surface area contributed by atoms with Crippen molar-refractivity contribution in [2.45, 2.75) is 65.0 Å². The van der Waals surface area contributed by atoms with Gasteiger partial charge in [0.05, 0.1) is 0 Å². The van der Waals surface area contributed by atoms with Gasteiger partial charge in [-0.05, 0) is 25.2 Å². The average Bonchev–Trinajstić information content (AvgIpc) is 2.96. The molecule has 2 nitrogen and oxygen atoms in total. The highest BCUT2D eigenvalue weighted by molar-refractivity contribution is 4.86. The second-order valence-electron chi connectivity index (χ2n) is 5.48. The number of nitrogens with two attached hydrogens (primary N) is 1. The first-order valence-electron chi connectivity index (χ1n) is 6.63. The summed E-state index contributed by atoms with van der Waals surface area (Å²) in [5, 5.41) is 0. The van der Waals surface area contributed by atoms with Crippen LogP contribution in [0.5, 0.6) is 0 Å². The third kappa shape index (κ3) is 5.53. The molecule has 0 aromatic rings. The quantitative estimate of drug-likeness (QED) is 0.670. The Hall–Kier alpha value is -0.0800. The highest BCUT2D eigenvalue weighted by Gasteiger charge is 2.29. The lowest BCUT2D eigenvalue weighted by atomic mass is 10.1. The van der Waals surface area contributed by atoms with E-state index < -0.39 is 0 Å². The standard InChI is InChI=1S/C13H28N2/c1-4-5-6-12(14)10-15(9-11(2)3)13-7-8-13/h11-13H,4-10,14H2,1-3H3. The molecule has 0 amide bonds. The zero-order chi connectivity index (χ0) is 11.3. The SMILES string of the molecule is CCCCC(N)CN(CC(C)C)C1CC1. The first kappa shape index (κ1) is 13.0. The van der Waals surface area contributed by atoms with Crippen LogP contribution in [0.25, 0.3) is 0 Å². The van der Waals surface area contributed by atoms with E-state index in [4.69, 9.17) is 5.73 Å². The molecule has 2 N–H and O–H groups in total. The first-order chi connectivity index (χ1) is 7.13. The van der Waals surface area contributed by atoms with Gasteiger partial charge in [-0.3, -0.25) is 4.90 Å². The Morgan fingerprint density at radius 2 is 1.93 bits per heavy atom. The summed E-state index contributed by atoms with van der Waals surface area (Å²) < 4.78 is 0. The van der Waals surface area contributed by atoms with E-state index in [1.54, 1.807) is 0 Å². The zero-order valence-electron chi connectivity index (χ0n) is 10.7. The highest BCUT2D eigenvalue weighted by atomic mass is 15.2. The summed E-state index contributed by atoms with van der Waals surface area (Å²) in [7, 11) is 0. The fraction of sp³-hybridized carbons (Fsp3) is 1.00. The van der Waals surface area contributed by atoms with Crippen molar-refractivity contribution < 1.29 is 0 Å². The van der Waals surface area contributed by atoms with Gasteiger partial charge in [-0.15, -0.1) is 0 Å². The Balaban J connectivity index is 2.23. The predicted molar refractivity (Wildman–Crippen MR) is 66.9 cm³/mol. The molecule has 0 heterocycles. The molecule has 1 aliphatic rings. The number of hydrogen-bond donors (Lipinski definition) is 1. The molecule has 1 atom stereocenters. The van der Waals surface area contributed by atoms with Crippen LogP contribution in [0.4, 0.5) is 0 Å². The third-order valence-corrected chi connectivity index (χ3v) is 3.06. The van der Waals surface area contributed by atoms with E-state index in [0.717, 1.165) is 18.5 Å². The maximum atomic E-state index is 6.16. The largest absolute Gasteiger partial charge is 0.327 e. The minimum atomic E-state index is 0.393. The molecule has 1 rings (SSSR count). The molecule has 0 aromatic heterocycles. The van der Waals surface area contributed by atoms with Crippen molar-refractivity contribution in [2.24, 2.45) is 11.7 Å². The topological polar surface area (TPSA) is 29.3 Å². The summed E-state index contributed by atoms with van der Waals surface area (Å²) in [5.41, 5.74) is 6.16. The maximum absolute atomic E-state index is 6.16. The molecule has 0 saturated heterocycles. The van der Waals surface area contributed by atoms with Gasteiger partial charge >= 0.3 is 0 Å². The van der Waals surface area contributed by atoms with Crippen molar-refractivity contribution in [3.63, 3.8) is 0 Å². The zero-order valence-corrected chi connectivity index (χ0v) is 10.7. The van der Waals surface area contributed by atoms with Gasteiger partial charge in [-0.2, -0.15) is 0 Å². The lowest BCUT2D eigenvalue weighted by molar-refractivity contribution is 0.216. The van der Waals surface area contributed by atoms with Gasteiger partial charge in [0, 0.05) is 25.2 Å². The summed E-state index contributed by atoms with van der Waals surface area (Å²) in [6.07, 6.45) is 6.53. The Bertz CT molecular complexity index is 164. The van der Waals surface area contributed by atoms with Gasteiger partial charge in [-0.1, -0.05) is 33.6 Å². The van der Waals surface area contributed by atoms with E-state index in [1.165, 1.54) is 38.6 Å². The normalized spacial score (nSPS) is 18.8. The smallest absolute Gasteiger partial charge is 0.0167 e. The lowest BCUT2D eigenvalue weighted by Crippen LogP contribution is -2.40. The molecule has 1 saturated carbocycles. The maximum Gasteiger partial charge on any atom is 0.0167 e. The Morgan fingerprint density at radius 1 is 1.27 bits per heavy atom. The molecular weight excluding hydrogens is 184 g/mol. The second kappa shape index (κ2) is 6.49.